The van der Waals surface area contributed by atoms with Crippen molar-refractivity contribution in [1.82, 2.24) is 5.32 Å². The van der Waals surface area contributed by atoms with Gasteiger partial charge in [-0.3, -0.25) is 0 Å². The second kappa shape index (κ2) is 8.55. The highest BCUT2D eigenvalue weighted by Gasteiger charge is 2.31. The lowest BCUT2D eigenvalue weighted by Crippen LogP contribution is -2.39. The fourth-order valence-electron chi connectivity index (χ4n) is 3.67. The van der Waals surface area contributed by atoms with E-state index in [0.29, 0.717) is 18.1 Å². The Morgan fingerprint density at radius 3 is 2.57 bits per heavy atom. The zero-order chi connectivity index (χ0) is 15.1. The van der Waals surface area contributed by atoms with Crippen LogP contribution >= 0.6 is 0 Å². The third kappa shape index (κ3) is 4.55. The van der Waals surface area contributed by atoms with Crippen LogP contribution in [-0.2, 0) is 4.74 Å². The maximum absolute atomic E-state index is 6.23. The van der Waals surface area contributed by atoms with Gasteiger partial charge >= 0.3 is 0 Å². The largest absolute Gasteiger partial charge is 0.376 e. The normalized spacial score (nSPS) is 19.4. The summed E-state index contributed by atoms with van der Waals surface area (Å²) in [6.07, 6.45) is 7.06. The van der Waals surface area contributed by atoms with Crippen LogP contribution in [0.1, 0.15) is 63.1 Å². The van der Waals surface area contributed by atoms with E-state index in [1.54, 1.807) is 0 Å². The molecule has 0 aromatic heterocycles. The van der Waals surface area contributed by atoms with Crippen molar-refractivity contribution in [2.75, 3.05) is 13.2 Å². The number of aryl methyl sites for hydroxylation is 1. The summed E-state index contributed by atoms with van der Waals surface area (Å²) in [5.74, 6) is 0.697. The Morgan fingerprint density at radius 2 is 1.95 bits per heavy atom. The molecule has 1 aromatic carbocycles. The maximum Gasteiger partial charge on any atom is 0.0797 e. The number of rotatable bonds is 7. The Hall–Kier alpha value is -0.860. The average Bonchev–Trinajstić information content (AvgIpc) is 2.51. The number of hydrogen-bond donors (Lipinski definition) is 1. The summed E-state index contributed by atoms with van der Waals surface area (Å²) in [5, 5.41) is 3.68. The quantitative estimate of drug-likeness (QED) is 0.790. The molecule has 2 unspecified atom stereocenters. The SMILES string of the molecule is CCNC(c1cccc(C)c1)C(OCC)C1CCCCC1. The zero-order valence-corrected chi connectivity index (χ0v) is 13.9. The first-order chi connectivity index (χ1) is 10.3. The molecule has 0 amide bonds. The van der Waals surface area contributed by atoms with Crippen molar-refractivity contribution in [1.29, 1.82) is 0 Å². The summed E-state index contributed by atoms with van der Waals surface area (Å²) >= 11 is 0. The van der Waals surface area contributed by atoms with Crippen LogP contribution in [-0.4, -0.2) is 19.3 Å². The van der Waals surface area contributed by atoms with Crippen LogP contribution < -0.4 is 5.32 Å². The van der Waals surface area contributed by atoms with E-state index in [1.807, 2.05) is 0 Å². The molecule has 2 rings (SSSR count). The molecule has 2 atom stereocenters. The summed E-state index contributed by atoms with van der Waals surface area (Å²) in [6, 6.07) is 9.21. The fourth-order valence-corrected chi connectivity index (χ4v) is 3.67. The summed E-state index contributed by atoms with van der Waals surface area (Å²) in [7, 11) is 0. The van der Waals surface area contributed by atoms with Crippen LogP contribution in [0.15, 0.2) is 24.3 Å². The van der Waals surface area contributed by atoms with Crippen LogP contribution in [0, 0.1) is 12.8 Å². The van der Waals surface area contributed by atoms with Gasteiger partial charge in [-0.05, 0) is 44.7 Å². The highest BCUT2D eigenvalue weighted by Crippen LogP contribution is 2.34. The summed E-state index contributed by atoms with van der Waals surface area (Å²) in [4.78, 5) is 0. The molecule has 1 aliphatic rings. The second-order valence-corrected chi connectivity index (χ2v) is 6.27. The van der Waals surface area contributed by atoms with E-state index in [4.69, 9.17) is 4.74 Å². The Balaban J connectivity index is 2.22. The third-order valence-electron chi connectivity index (χ3n) is 4.63. The number of hydrogen-bond acceptors (Lipinski definition) is 2. The molecule has 1 saturated carbocycles. The molecule has 0 radical (unpaired) electrons. The number of likely N-dealkylation sites (N-methyl/N-ethyl adjacent to an activating group) is 1. The van der Waals surface area contributed by atoms with Crippen LogP contribution in [0.5, 0.6) is 0 Å². The molecule has 0 bridgehead atoms. The number of benzene rings is 1. The average molecular weight is 289 g/mol. The smallest absolute Gasteiger partial charge is 0.0797 e. The highest BCUT2D eigenvalue weighted by molar-refractivity contribution is 5.26. The molecule has 1 fully saturated rings. The predicted molar refractivity (Wildman–Crippen MR) is 89.6 cm³/mol. The van der Waals surface area contributed by atoms with Crippen LogP contribution in [0.3, 0.4) is 0 Å². The molecule has 0 spiro atoms. The van der Waals surface area contributed by atoms with Gasteiger partial charge in [0.1, 0.15) is 0 Å². The summed E-state index contributed by atoms with van der Waals surface area (Å²) in [6.45, 7) is 8.26. The minimum Gasteiger partial charge on any atom is -0.376 e. The van der Waals surface area contributed by atoms with Crippen molar-refractivity contribution in [3.63, 3.8) is 0 Å². The van der Waals surface area contributed by atoms with Gasteiger partial charge < -0.3 is 10.1 Å². The molecular weight excluding hydrogens is 258 g/mol. The Morgan fingerprint density at radius 1 is 1.19 bits per heavy atom. The molecule has 0 heterocycles. The third-order valence-corrected chi connectivity index (χ3v) is 4.63. The van der Waals surface area contributed by atoms with Crippen molar-refractivity contribution in [2.24, 2.45) is 5.92 Å². The van der Waals surface area contributed by atoms with E-state index < -0.39 is 0 Å². The summed E-state index contributed by atoms with van der Waals surface area (Å²) < 4.78 is 6.23. The van der Waals surface area contributed by atoms with Crippen LogP contribution in [0.4, 0.5) is 0 Å². The van der Waals surface area contributed by atoms with Gasteiger partial charge in [-0.1, -0.05) is 56.0 Å². The van der Waals surface area contributed by atoms with Crippen molar-refractivity contribution in [3.05, 3.63) is 35.4 Å². The van der Waals surface area contributed by atoms with E-state index in [0.717, 1.165) is 13.2 Å². The van der Waals surface area contributed by atoms with E-state index in [1.165, 1.54) is 43.2 Å². The predicted octanol–water partition coefficient (Wildman–Crippen LogP) is 4.63. The van der Waals surface area contributed by atoms with Gasteiger partial charge in [-0.15, -0.1) is 0 Å². The Kier molecular flexibility index (Phi) is 6.72. The van der Waals surface area contributed by atoms with Gasteiger partial charge in [0.2, 0.25) is 0 Å². The zero-order valence-electron chi connectivity index (χ0n) is 13.9. The van der Waals surface area contributed by atoms with E-state index in [9.17, 15) is 0 Å². The molecule has 0 saturated heterocycles. The van der Waals surface area contributed by atoms with Crippen molar-refractivity contribution < 1.29 is 4.74 Å². The first kappa shape index (κ1) is 16.5. The maximum atomic E-state index is 6.23. The molecule has 1 aromatic rings. The van der Waals surface area contributed by atoms with Crippen LogP contribution in [0.25, 0.3) is 0 Å². The lowest BCUT2D eigenvalue weighted by molar-refractivity contribution is -0.0180. The number of ether oxygens (including phenoxy) is 1. The van der Waals surface area contributed by atoms with Crippen molar-refractivity contribution >= 4 is 0 Å². The van der Waals surface area contributed by atoms with Crippen molar-refractivity contribution in [3.8, 4) is 0 Å². The van der Waals surface area contributed by atoms with Gasteiger partial charge in [0.05, 0.1) is 12.1 Å². The van der Waals surface area contributed by atoms with Gasteiger partial charge in [0.15, 0.2) is 0 Å². The highest BCUT2D eigenvalue weighted by atomic mass is 16.5. The van der Waals surface area contributed by atoms with E-state index in [-0.39, 0.29) is 0 Å². The molecule has 2 heteroatoms. The monoisotopic (exact) mass is 289 g/mol. The molecule has 1 N–H and O–H groups in total. The molecule has 1 aliphatic carbocycles. The first-order valence-corrected chi connectivity index (χ1v) is 8.67. The molecule has 118 valence electrons. The van der Waals surface area contributed by atoms with Crippen molar-refractivity contribution in [2.45, 2.75) is 65.0 Å². The van der Waals surface area contributed by atoms with E-state index >= 15 is 0 Å². The molecular formula is C19H31NO. The lowest BCUT2D eigenvalue weighted by Gasteiger charge is -2.36. The van der Waals surface area contributed by atoms with Gasteiger partial charge in [0.25, 0.3) is 0 Å². The molecule has 0 aliphatic heterocycles. The van der Waals surface area contributed by atoms with Gasteiger partial charge in [-0.2, -0.15) is 0 Å². The van der Waals surface area contributed by atoms with Gasteiger partial charge in [0, 0.05) is 6.61 Å². The topological polar surface area (TPSA) is 21.3 Å². The standard InChI is InChI=1S/C19H31NO/c1-4-20-18(17-13-9-10-15(3)14-17)19(21-5-2)16-11-7-6-8-12-16/h9-10,13-14,16,18-20H,4-8,11-12H2,1-3H3. The fraction of sp³-hybridized carbons (Fsp3) is 0.684. The molecule has 21 heavy (non-hydrogen) atoms. The lowest BCUT2D eigenvalue weighted by atomic mass is 9.80. The van der Waals surface area contributed by atoms with Crippen LogP contribution in [0.2, 0.25) is 0 Å². The van der Waals surface area contributed by atoms with Gasteiger partial charge in [-0.25, -0.2) is 0 Å². The van der Waals surface area contributed by atoms with E-state index in [2.05, 4.69) is 50.4 Å². The minimum atomic E-state index is 0.303. The minimum absolute atomic E-state index is 0.303. The molecule has 2 nitrogen and oxygen atoms in total. The first-order valence-electron chi connectivity index (χ1n) is 8.67. The number of nitrogens with one attached hydrogen (secondary N) is 1. The summed E-state index contributed by atoms with van der Waals surface area (Å²) in [5.41, 5.74) is 2.70. The second-order valence-electron chi connectivity index (χ2n) is 6.27. The Bertz CT molecular complexity index is 412. The Labute approximate surface area is 130 Å².